The smallest absolute Gasteiger partial charge is 0.338 e. The Labute approximate surface area is 115 Å². The van der Waals surface area contributed by atoms with E-state index in [1.165, 1.54) is 6.08 Å². The quantitative estimate of drug-likeness (QED) is 0.756. The van der Waals surface area contributed by atoms with Crippen molar-refractivity contribution in [3.8, 4) is 0 Å². The van der Waals surface area contributed by atoms with Crippen LogP contribution in [0.25, 0.3) is 0 Å². The molecule has 106 valence electrons. The van der Waals surface area contributed by atoms with Crippen LogP contribution in [-0.2, 0) is 14.3 Å². The maximum Gasteiger partial charge on any atom is 0.338 e. The Morgan fingerprint density at radius 1 is 1.35 bits per heavy atom. The zero-order valence-electron chi connectivity index (χ0n) is 10.5. The van der Waals surface area contributed by atoms with Crippen molar-refractivity contribution in [1.29, 1.82) is 0 Å². The van der Waals surface area contributed by atoms with Crippen LogP contribution in [0, 0.1) is 0 Å². The van der Waals surface area contributed by atoms with Crippen LogP contribution >= 0.6 is 0 Å². The zero-order valence-corrected chi connectivity index (χ0v) is 10.5. The van der Waals surface area contributed by atoms with Gasteiger partial charge in [0.05, 0.1) is 5.56 Å². The molecule has 1 aromatic rings. The lowest BCUT2D eigenvalue weighted by atomic mass is 10.1. The number of benzene rings is 1. The van der Waals surface area contributed by atoms with Gasteiger partial charge in [-0.2, -0.15) is 0 Å². The highest BCUT2D eigenvalue weighted by Crippen LogP contribution is 2.13. The van der Waals surface area contributed by atoms with E-state index in [0.717, 1.165) is 6.08 Å². The van der Waals surface area contributed by atoms with E-state index in [0.29, 0.717) is 5.56 Å². The second-order valence-corrected chi connectivity index (χ2v) is 4.28. The summed E-state index contributed by atoms with van der Waals surface area (Å²) in [6.07, 6.45) is -1.27. The van der Waals surface area contributed by atoms with E-state index >= 15 is 0 Å². The second-order valence-electron chi connectivity index (χ2n) is 4.28. The number of aliphatic hydroxyl groups is 2. The molecule has 3 atom stereocenters. The molecule has 1 aliphatic heterocycles. The Kier molecular flexibility index (Phi) is 4.49. The third-order valence-electron chi connectivity index (χ3n) is 2.79. The molecular weight excluding hydrogens is 264 g/mol. The fraction of sp³-hybridized carbons (Fsp3) is 0.286. The Balaban J connectivity index is 1.89. The molecule has 0 spiro atoms. The number of hydrogen-bond donors (Lipinski definition) is 2. The minimum atomic E-state index is -1.30. The van der Waals surface area contributed by atoms with Crippen LogP contribution in [0.3, 0.4) is 0 Å². The van der Waals surface area contributed by atoms with E-state index in [2.05, 4.69) is 0 Å². The van der Waals surface area contributed by atoms with Gasteiger partial charge in [0.2, 0.25) is 0 Å². The molecule has 0 saturated carbocycles. The molecule has 0 aromatic heterocycles. The third kappa shape index (κ3) is 3.43. The molecule has 0 amide bonds. The standard InChI is InChI=1S/C14H14O6/c15-10-6-7-12(17)20-13(10)11(16)8-19-14(18)9-4-2-1-3-5-9/h1-7,10-11,13,15-16H,8H2/t10-,11+,13+/m1/s1. The van der Waals surface area contributed by atoms with E-state index in [1.54, 1.807) is 30.3 Å². The summed E-state index contributed by atoms with van der Waals surface area (Å²) in [4.78, 5) is 22.7. The fourth-order valence-corrected chi connectivity index (χ4v) is 1.75. The summed E-state index contributed by atoms with van der Waals surface area (Å²) >= 11 is 0. The summed E-state index contributed by atoms with van der Waals surface area (Å²) < 4.78 is 9.69. The van der Waals surface area contributed by atoms with Crippen molar-refractivity contribution in [2.75, 3.05) is 6.61 Å². The fourth-order valence-electron chi connectivity index (χ4n) is 1.75. The Morgan fingerprint density at radius 3 is 2.75 bits per heavy atom. The molecule has 1 heterocycles. The molecule has 1 aromatic carbocycles. The van der Waals surface area contributed by atoms with Crippen LogP contribution in [-0.4, -0.2) is 47.1 Å². The lowest BCUT2D eigenvalue weighted by Gasteiger charge is -2.27. The lowest BCUT2D eigenvalue weighted by molar-refractivity contribution is -0.160. The number of ether oxygens (including phenoxy) is 2. The Hall–Kier alpha value is -2.18. The first-order valence-corrected chi connectivity index (χ1v) is 6.05. The lowest BCUT2D eigenvalue weighted by Crippen LogP contribution is -2.44. The van der Waals surface area contributed by atoms with Gasteiger partial charge < -0.3 is 19.7 Å². The van der Waals surface area contributed by atoms with Gasteiger partial charge in [-0.1, -0.05) is 18.2 Å². The van der Waals surface area contributed by atoms with Crippen molar-refractivity contribution in [2.24, 2.45) is 0 Å². The van der Waals surface area contributed by atoms with Gasteiger partial charge in [0.1, 0.15) is 18.8 Å². The van der Waals surface area contributed by atoms with E-state index in [-0.39, 0.29) is 6.61 Å². The normalized spacial score (nSPS) is 23.0. The van der Waals surface area contributed by atoms with Crippen molar-refractivity contribution >= 4 is 11.9 Å². The molecule has 0 saturated heterocycles. The molecule has 20 heavy (non-hydrogen) atoms. The first-order valence-electron chi connectivity index (χ1n) is 6.05. The molecule has 0 bridgehead atoms. The molecule has 6 nitrogen and oxygen atoms in total. The van der Waals surface area contributed by atoms with E-state index in [1.807, 2.05) is 0 Å². The summed E-state index contributed by atoms with van der Waals surface area (Å²) in [6.45, 7) is -0.378. The summed E-state index contributed by atoms with van der Waals surface area (Å²) in [6, 6.07) is 8.28. The van der Waals surface area contributed by atoms with Crippen LogP contribution in [0.15, 0.2) is 42.5 Å². The maximum atomic E-state index is 11.7. The van der Waals surface area contributed by atoms with E-state index < -0.39 is 30.3 Å². The number of rotatable bonds is 4. The van der Waals surface area contributed by atoms with Gasteiger partial charge in [-0.15, -0.1) is 0 Å². The van der Waals surface area contributed by atoms with Crippen LogP contribution < -0.4 is 0 Å². The summed E-state index contributed by atoms with van der Waals surface area (Å²) in [5.74, 6) is -1.26. The summed E-state index contributed by atoms with van der Waals surface area (Å²) in [5, 5.41) is 19.4. The van der Waals surface area contributed by atoms with Crippen molar-refractivity contribution < 1.29 is 29.3 Å². The van der Waals surface area contributed by atoms with E-state index in [9.17, 15) is 19.8 Å². The van der Waals surface area contributed by atoms with Crippen molar-refractivity contribution in [2.45, 2.75) is 18.3 Å². The van der Waals surface area contributed by atoms with Crippen molar-refractivity contribution in [3.63, 3.8) is 0 Å². The molecule has 0 fully saturated rings. The Bertz CT molecular complexity index is 510. The highest BCUT2D eigenvalue weighted by atomic mass is 16.6. The molecule has 0 radical (unpaired) electrons. The summed E-state index contributed by atoms with van der Waals surface area (Å²) in [5.41, 5.74) is 0.348. The second kappa shape index (κ2) is 6.31. The van der Waals surface area contributed by atoms with Gasteiger partial charge >= 0.3 is 11.9 Å². The zero-order chi connectivity index (χ0) is 14.5. The van der Waals surface area contributed by atoms with Crippen molar-refractivity contribution in [1.82, 2.24) is 0 Å². The number of cyclic esters (lactones) is 1. The predicted octanol–water partition coefficient (Wildman–Crippen LogP) is 0.0468. The predicted molar refractivity (Wildman–Crippen MR) is 67.8 cm³/mol. The summed E-state index contributed by atoms with van der Waals surface area (Å²) in [7, 11) is 0. The first-order chi connectivity index (χ1) is 9.58. The highest BCUT2D eigenvalue weighted by Gasteiger charge is 2.32. The highest BCUT2D eigenvalue weighted by molar-refractivity contribution is 5.89. The van der Waals surface area contributed by atoms with Gasteiger partial charge in [0, 0.05) is 6.08 Å². The number of esters is 2. The molecule has 0 unspecified atom stereocenters. The number of aliphatic hydroxyl groups excluding tert-OH is 2. The average Bonchev–Trinajstić information content (AvgIpc) is 2.47. The average molecular weight is 278 g/mol. The number of carbonyl (C=O) groups is 2. The van der Waals surface area contributed by atoms with Crippen LogP contribution in [0.5, 0.6) is 0 Å². The molecule has 1 aliphatic rings. The van der Waals surface area contributed by atoms with Crippen molar-refractivity contribution in [3.05, 3.63) is 48.0 Å². The van der Waals surface area contributed by atoms with Gasteiger partial charge in [0.15, 0.2) is 6.10 Å². The minimum Gasteiger partial charge on any atom is -0.459 e. The van der Waals surface area contributed by atoms with Gasteiger partial charge in [-0.3, -0.25) is 0 Å². The first kappa shape index (κ1) is 14.2. The molecular formula is C14H14O6. The minimum absolute atomic E-state index is 0.348. The Morgan fingerprint density at radius 2 is 2.05 bits per heavy atom. The maximum absolute atomic E-state index is 11.7. The van der Waals surface area contributed by atoms with Gasteiger partial charge in [0.25, 0.3) is 0 Å². The van der Waals surface area contributed by atoms with Crippen LogP contribution in [0.4, 0.5) is 0 Å². The molecule has 6 heteroatoms. The largest absolute Gasteiger partial charge is 0.459 e. The van der Waals surface area contributed by atoms with E-state index in [4.69, 9.17) is 9.47 Å². The number of hydrogen-bond acceptors (Lipinski definition) is 6. The van der Waals surface area contributed by atoms with Crippen LogP contribution in [0.1, 0.15) is 10.4 Å². The molecule has 2 N–H and O–H groups in total. The third-order valence-corrected chi connectivity index (χ3v) is 2.79. The number of carbonyl (C=O) groups excluding carboxylic acids is 2. The monoisotopic (exact) mass is 278 g/mol. The SMILES string of the molecule is O=C1C=C[C@@H](O)[C@@H]([C@@H](O)COC(=O)c2ccccc2)O1. The topological polar surface area (TPSA) is 93.1 Å². The molecule has 0 aliphatic carbocycles. The van der Waals surface area contributed by atoms with Gasteiger partial charge in [-0.05, 0) is 18.2 Å². The van der Waals surface area contributed by atoms with Crippen LogP contribution in [0.2, 0.25) is 0 Å². The molecule has 2 rings (SSSR count). The van der Waals surface area contributed by atoms with Gasteiger partial charge in [-0.25, -0.2) is 9.59 Å².